The van der Waals surface area contributed by atoms with E-state index in [0.29, 0.717) is 27.4 Å². The van der Waals surface area contributed by atoms with E-state index in [1.165, 1.54) is 11.8 Å². The van der Waals surface area contributed by atoms with Crippen molar-refractivity contribution >= 4 is 52.2 Å². The minimum absolute atomic E-state index is 0.121. The van der Waals surface area contributed by atoms with Gasteiger partial charge in [0.1, 0.15) is 0 Å². The van der Waals surface area contributed by atoms with Gasteiger partial charge in [0.2, 0.25) is 5.91 Å². The van der Waals surface area contributed by atoms with Crippen LogP contribution in [0.3, 0.4) is 0 Å². The molecule has 0 spiro atoms. The van der Waals surface area contributed by atoms with Crippen LogP contribution < -0.4 is 10.6 Å². The average molecular weight is 436 g/mol. The quantitative estimate of drug-likeness (QED) is 0.522. The number of aryl methyl sites for hydroxylation is 1. The second kappa shape index (κ2) is 9.32. The van der Waals surface area contributed by atoms with Crippen LogP contribution in [0.1, 0.15) is 11.4 Å². The van der Waals surface area contributed by atoms with Gasteiger partial charge in [-0.15, -0.1) is 10.2 Å². The number of carbonyl (C=O) groups excluding carboxylic acids is 1. The van der Waals surface area contributed by atoms with E-state index in [-0.39, 0.29) is 11.7 Å². The summed E-state index contributed by atoms with van der Waals surface area (Å²) >= 11 is 13.3. The van der Waals surface area contributed by atoms with E-state index in [9.17, 15) is 4.79 Å². The Bertz CT molecular complexity index is 975. The third-order valence-electron chi connectivity index (χ3n) is 4.01. The second-order valence-corrected chi connectivity index (χ2v) is 7.91. The zero-order valence-electron chi connectivity index (χ0n) is 15.4. The van der Waals surface area contributed by atoms with Gasteiger partial charge in [0.05, 0.1) is 12.3 Å². The molecule has 2 aromatic carbocycles. The molecule has 0 fully saturated rings. The summed E-state index contributed by atoms with van der Waals surface area (Å²) in [6.07, 6.45) is 0. The number of benzene rings is 2. The molecule has 1 amide bonds. The fourth-order valence-corrected chi connectivity index (χ4v) is 3.41. The van der Waals surface area contributed by atoms with E-state index in [1.54, 1.807) is 24.3 Å². The molecule has 146 valence electrons. The van der Waals surface area contributed by atoms with Gasteiger partial charge in [0.25, 0.3) is 0 Å². The van der Waals surface area contributed by atoms with Crippen molar-refractivity contribution in [3.8, 4) is 0 Å². The number of halogens is 2. The van der Waals surface area contributed by atoms with Crippen molar-refractivity contribution in [2.24, 2.45) is 7.05 Å². The Morgan fingerprint density at radius 2 is 1.82 bits per heavy atom. The Morgan fingerprint density at radius 3 is 2.54 bits per heavy atom. The molecule has 0 aliphatic heterocycles. The Kier molecular flexibility index (Phi) is 6.83. The number of aromatic nitrogens is 3. The van der Waals surface area contributed by atoms with Crippen LogP contribution in [0, 0.1) is 6.92 Å². The van der Waals surface area contributed by atoms with Gasteiger partial charge in [-0.2, -0.15) is 0 Å². The molecule has 0 saturated heterocycles. The van der Waals surface area contributed by atoms with Gasteiger partial charge in [0, 0.05) is 28.5 Å². The first kappa shape index (κ1) is 20.5. The van der Waals surface area contributed by atoms with Crippen molar-refractivity contribution in [2.75, 3.05) is 16.4 Å². The molecule has 3 aromatic rings. The highest BCUT2D eigenvalue weighted by Crippen LogP contribution is 2.21. The lowest BCUT2D eigenvalue weighted by Gasteiger charge is -2.08. The van der Waals surface area contributed by atoms with E-state index in [1.807, 2.05) is 36.7 Å². The SMILES string of the molecule is Cc1ccc(NCc2nnc(SCC(=O)Nc3ccc(Cl)cc3)n2C)cc1Cl. The molecule has 0 aliphatic carbocycles. The van der Waals surface area contributed by atoms with Crippen molar-refractivity contribution in [1.82, 2.24) is 14.8 Å². The number of nitrogens with zero attached hydrogens (tertiary/aromatic N) is 3. The number of hydrogen-bond donors (Lipinski definition) is 2. The molecule has 0 aliphatic rings. The predicted molar refractivity (Wildman–Crippen MR) is 115 cm³/mol. The summed E-state index contributed by atoms with van der Waals surface area (Å²) in [5, 5.41) is 16.5. The van der Waals surface area contributed by atoms with Crippen LogP contribution in [0.4, 0.5) is 11.4 Å². The minimum atomic E-state index is -0.121. The molecule has 28 heavy (non-hydrogen) atoms. The van der Waals surface area contributed by atoms with Gasteiger partial charge in [-0.3, -0.25) is 4.79 Å². The Labute approximate surface area is 177 Å². The lowest BCUT2D eigenvalue weighted by Crippen LogP contribution is -2.14. The number of rotatable bonds is 7. The monoisotopic (exact) mass is 435 g/mol. The molecule has 6 nitrogen and oxygen atoms in total. The van der Waals surface area contributed by atoms with E-state index in [0.717, 1.165) is 17.1 Å². The summed E-state index contributed by atoms with van der Waals surface area (Å²) in [6, 6.07) is 12.8. The molecular formula is C19H19Cl2N5OS. The van der Waals surface area contributed by atoms with Crippen LogP contribution >= 0.6 is 35.0 Å². The summed E-state index contributed by atoms with van der Waals surface area (Å²) in [5.41, 5.74) is 2.64. The molecule has 3 rings (SSSR count). The van der Waals surface area contributed by atoms with Gasteiger partial charge < -0.3 is 15.2 Å². The molecule has 2 N–H and O–H groups in total. The first-order valence-electron chi connectivity index (χ1n) is 8.49. The average Bonchev–Trinajstić information content (AvgIpc) is 3.03. The van der Waals surface area contributed by atoms with Crippen molar-refractivity contribution in [3.63, 3.8) is 0 Å². The lowest BCUT2D eigenvalue weighted by molar-refractivity contribution is -0.113. The largest absolute Gasteiger partial charge is 0.378 e. The maximum atomic E-state index is 12.1. The smallest absolute Gasteiger partial charge is 0.234 e. The van der Waals surface area contributed by atoms with Crippen molar-refractivity contribution < 1.29 is 4.79 Å². The van der Waals surface area contributed by atoms with Crippen LogP contribution in [0.2, 0.25) is 10.0 Å². The molecule has 1 aromatic heterocycles. The molecule has 1 heterocycles. The zero-order valence-corrected chi connectivity index (χ0v) is 17.7. The molecular weight excluding hydrogens is 417 g/mol. The molecule has 9 heteroatoms. The summed E-state index contributed by atoms with van der Waals surface area (Å²) in [4.78, 5) is 12.1. The van der Waals surface area contributed by atoms with Crippen LogP contribution in [0.15, 0.2) is 47.6 Å². The number of amides is 1. The Hall–Kier alpha value is -2.22. The van der Waals surface area contributed by atoms with Gasteiger partial charge in [-0.1, -0.05) is 41.0 Å². The molecule has 0 atom stereocenters. The topological polar surface area (TPSA) is 71.8 Å². The predicted octanol–water partition coefficient (Wildman–Crippen LogP) is 4.77. The second-order valence-electron chi connectivity index (χ2n) is 6.12. The van der Waals surface area contributed by atoms with Gasteiger partial charge >= 0.3 is 0 Å². The van der Waals surface area contributed by atoms with Crippen LogP contribution in [0.5, 0.6) is 0 Å². The number of anilines is 2. The van der Waals surface area contributed by atoms with E-state index in [2.05, 4.69) is 20.8 Å². The molecule has 0 bridgehead atoms. The van der Waals surface area contributed by atoms with Crippen LogP contribution in [-0.4, -0.2) is 26.4 Å². The minimum Gasteiger partial charge on any atom is -0.378 e. The molecule has 0 radical (unpaired) electrons. The molecule has 0 unspecified atom stereocenters. The fourth-order valence-electron chi connectivity index (χ4n) is 2.37. The van der Waals surface area contributed by atoms with Crippen LogP contribution in [0.25, 0.3) is 0 Å². The fraction of sp³-hybridized carbons (Fsp3) is 0.211. The summed E-state index contributed by atoms with van der Waals surface area (Å²) in [7, 11) is 1.87. The Balaban J connectivity index is 1.53. The third kappa shape index (κ3) is 5.41. The maximum Gasteiger partial charge on any atom is 0.234 e. The summed E-state index contributed by atoms with van der Waals surface area (Å²) < 4.78 is 1.86. The van der Waals surface area contributed by atoms with Crippen molar-refractivity contribution in [1.29, 1.82) is 0 Å². The first-order valence-corrected chi connectivity index (χ1v) is 10.2. The van der Waals surface area contributed by atoms with Gasteiger partial charge in [0.15, 0.2) is 11.0 Å². The Morgan fingerprint density at radius 1 is 1.11 bits per heavy atom. The highest BCUT2D eigenvalue weighted by molar-refractivity contribution is 7.99. The van der Waals surface area contributed by atoms with Crippen LogP contribution in [-0.2, 0) is 18.4 Å². The van der Waals surface area contributed by atoms with Crippen molar-refractivity contribution in [2.45, 2.75) is 18.6 Å². The normalized spacial score (nSPS) is 10.7. The van der Waals surface area contributed by atoms with Gasteiger partial charge in [-0.05, 0) is 48.9 Å². The highest BCUT2D eigenvalue weighted by atomic mass is 35.5. The first-order chi connectivity index (χ1) is 13.4. The maximum absolute atomic E-state index is 12.1. The number of hydrogen-bond acceptors (Lipinski definition) is 5. The third-order valence-corrected chi connectivity index (χ3v) is 5.69. The lowest BCUT2D eigenvalue weighted by atomic mass is 10.2. The summed E-state index contributed by atoms with van der Waals surface area (Å²) in [5.74, 6) is 0.872. The molecule has 0 saturated carbocycles. The standard InChI is InChI=1S/C19H19Cl2N5OS/c1-12-3-6-15(9-16(12)21)22-10-17-24-25-19(26(17)2)28-11-18(27)23-14-7-4-13(20)5-8-14/h3-9,22H,10-11H2,1-2H3,(H,23,27). The van der Waals surface area contributed by atoms with Crippen molar-refractivity contribution in [3.05, 3.63) is 63.9 Å². The van der Waals surface area contributed by atoms with E-state index >= 15 is 0 Å². The number of thioether (sulfide) groups is 1. The summed E-state index contributed by atoms with van der Waals surface area (Å²) in [6.45, 7) is 2.46. The number of nitrogens with one attached hydrogen (secondary N) is 2. The van der Waals surface area contributed by atoms with Gasteiger partial charge in [-0.25, -0.2) is 0 Å². The highest BCUT2D eigenvalue weighted by Gasteiger charge is 2.12. The van der Waals surface area contributed by atoms with E-state index in [4.69, 9.17) is 23.2 Å². The zero-order chi connectivity index (χ0) is 20.1. The number of carbonyl (C=O) groups is 1. The van der Waals surface area contributed by atoms with E-state index < -0.39 is 0 Å².